The van der Waals surface area contributed by atoms with E-state index in [0.717, 1.165) is 5.56 Å². The molecule has 0 spiro atoms. The molecule has 1 aromatic rings. The van der Waals surface area contributed by atoms with Crippen molar-refractivity contribution in [2.24, 2.45) is 0 Å². The van der Waals surface area contributed by atoms with Gasteiger partial charge in [0.1, 0.15) is 5.75 Å². The topological polar surface area (TPSA) is 34.2 Å². The van der Waals surface area contributed by atoms with Crippen LogP contribution < -0.4 is 10.1 Å². The first kappa shape index (κ1) is 15.8. The quantitative estimate of drug-likeness (QED) is 0.828. The molecule has 0 aliphatic heterocycles. The summed E-state index contributed by atoms with van der Waals surface area (Å²) in [5, 5.41) is 3.05. The highest BCUT2D eigenvalue weighted by atomic mass is 19.4. The normalized spacial score (nSPS) is 13.3. The van der Waals surface area contributed by atoms with Gasteiger partial charge in [-0.25, -0.2) is 0 Å². The van der Waals surface area contributed by atoms with Crippen LogP contribution in [0.5, 0.6) is 5.75 Å². The molecule has 1 atom stereocenters. The van der Waals surface area contributed by atoms with Crippen molar-refractivity contribution in [3.05, 3.63) is 24.0 Å². The SMILES string of the molecule is CCNC(CCC(F)(F)F)c1cncc(OCC)c1. The lowest BCUT2D eigenvalue weighted by molar-refractivity contribution is -0.136. The third-order valence-electron chi connectivity index (χ3n) is 2.61. The summed E-state index contributed by atoms with van der Waals surface area (Å²) in [7, 11) is 0. The van der Waals surface area contributed by atoms with Crippen LogP contribution in [0, 0.1) is 0 Å². The van der Waals surface area contributed by atoms with Crippen molar-refractivity contribution in [3.8, 4) is 5.75 Å². The minimum absolute atomic E-state index is 0.00536. The van der Waals surface area contributed by atoms with E-state index in [-0.39, 0.29) is 12.5 Å². The van der Waals surface area contributed by atoms with Crippen LogP contribution in [0.15, 0.2) is 18.5 Å². The molecule has 0 fully saturated rings. The van der Waals surface area contributed by atoms with Crippen molar-refractivity contribution in [1.29, 1.82) is 0 Å². The number of nitrogens with zero attached hydrogens (tertiary/aromatic N) is 1. The van der Waals surface area contributed by atoms with E-state index in [2.05, 4.69) is 10.3 Å². The van der Waals surface area contributed by atoms with Crippen LogP contribution in [0.4, 0.5) is 13.2 Å². The summed E-state index contributed by atoms with van der Waals surface area (Å²) in [6.45, 7) is 4.81. The molecule has 0 aliphatic rings. The highest BCUT2D eigenvalue weighted by Gasteiger charge is 2.28. The van der Waals surface area contributed by atoms with Gasteiger partial charge >= 0.3 is 6.18 Å². The van der Waals surface area contributed by atoms with E-state index in [1.54, 1.807) is 18.5 Å². The summed E-state index contributed by atoms with van der Waals surface area (Å²) in [5.41, 5.74) is 0.719. The average Bonchev–Trinajstić information content (AvgIpc) is 2.34. The van der Waals surface area contributed by atoms with Crippen molar-refractivity contribution in [3.63, 3.8) is 0 Å². The fourth-order valence-electron chi connectivity index (χ4n) is 1.81. The molecule has 6 heteroatoms. The van der Waals surface area contributed by atoms with Gasteiger partial charge in [-0.3, -0.25) is 4.98 Å². The number of alkyl halides is 3. The Balaban J connectivity index is 2.76. The van der Waals surface area contributed by atoms with Crippen LogP contribution in [0.3, 0.4) is 0 Å². The number of hydrogen-bond donors (Lipinski definition) is 1. The summed E-state index contributed by atoms with van der Waals surface area (Å²) in [6, 6.07) is 1.37. The summed E-state index contributed by atoms with van der Waals surface area (Å²) in [5.74, 6) is 0.579. The second-order valence-corrected chi connectivity index (χ2v) is 4.15. The fraction of sp³-hybridized carbons (Fsp3) is 0.615. The van der Waals surface area contributed by atoms with E-state index in [4.69, 9.17) is 4.74 Å². The average molecular weight is 276 g/mol. The van der Waals surface area contributed by atoms with Crippen molar-refractivity contribution in [2.75, 3.05) is 13.2 Å². The fourth-order valence-corrected chi connectivity index (χ4v) is 1.81. The second-order valence-electron chi connectivity index (χ2n) is 4.15. The summed E-state index contributed by atoms with van der Waals surface area (Å²) >= 11 is 0. The molecule has 1 aromatic heterocycles. The van der Waals surface area contributed by atoms with Gasteiger partial charge < -0.3 is 10.1 Å². The predicted octanol–water partition coefficient (Wildman–Crippen LogP) is 3.47. The van der Waals surface area contributed by atoms with Gasteiger partial charge in [-0.2, -0.15) is 13.2 Å². The van der Waals surface area contributed by atoms with Crippen LogP contribution in [0.2, 0.25) is 0 Å². The minimum atomic E-state index is -4.14. The zero-order valence-electron chi connectivity index (χ0n) is 11.1. The Kier molecular flexibility index (Phi) is 6.08. The third-order valence-corrected chi connectivity index (χ3v) is 2.61. The lowest BCUT2D eigenvalue weighted by Crippen LogP contribution is -2.23. The summed E-state index contributed by atoms with van der Waals surface area (Å²) in [4.78, 5) is 4.00. The smallest absolute Gasteiger partial charge is 0.389 e. The van der Waals surface area contributed by atoms with E-state index < -0.39 is 12.6 Å². The van der Waals surface area contributed by atoms with Gasteiger partial charge in [0.05, 0.1) is 12.8 Å². The Morgan fingerprint density at radius 1 is 1.32 bits per heavy atom. The van der Waals surface area contributed by atoms with Gasteiger partial charge in [0.25, 0.3) is 0 Å². The van der Waals surface area contributed by atoms with Gasteiger partial charge in [0.15, 0.2) is 0 Å². The Morgan fingerprint density at radius 3 is 2.63 bits per heavy atom. The van der Waals surface area contributed by atoms with Crippen molar-refractivity contribution < 1.29 is 17.9 Å². The molecule has 0 amide bonds. The van der Waals surface area contributed by atoms with E-state index in [1.165, 1.54) is 0 Å². The molecule has 0 bridgehead atoms. The molecule has 0 saturated heterocycles. The molecule has 0 aromatic carbocycles. The van der Waals surface area contributed by atoms with E-state index in [9.17, 15) is 13.2 Å². The maximum atomic E-state index is 12.3. The standard InChI is InChI=1S/C13H19F3N2O/c1-3-18-12(5-6-13(14,15)16)10-7-11(19-4-2)9-17-8-10/h7-9,12,18H,3-6H2,1-2H3. The van der Waals surface area contributed by atoms with Gasteiger partial charge in [0, 0.05) is 18.7 Å². The number of aromatic nitrogens is 1. The highest BCUT2D eigenvalue weighted by molar-refractivity contribution is 5.26. The largest absolute Gasteiger partial charge is 0.492 e. The molecular formula is C13H19F3N2O. The zero-order valence-corrected chi connectivity index (χ0v) is 11.1. The van der Waals surface area contributed by atoms with Gasteiger partial charge in [-0.15, -0.1) is 0 Å². The Hall–Kier alpha value is -1.30. The molecule has 1 rings (SSSR count). The first-order valence-electron chi connectivity index (χ1n) is 6.34. The summed E-state index contributed by atoms with van der Waals surface area (Å²) in [6.07, 6.45) is -1.83. The molecule has 1 N–H and O–H groups in total. The number of nitrogens with one attached hydrogen (secondary N) is 1. The van der Waals surface area contributed by atoms with Gasteiger partial charge in [-0.1, -0.05) is 6.92 Å². The number of ether oxygens (including phenoxy) is 1. The Bertz CT molecular complexity index is 382. The molecular weight excluding hydrogens is 257 g/mol. The van der Waals surface area contributed by atoms with Gasteiger partial charge in [-0.05, 0) is 31.5 Å². The highest BCUT2D eigenvalue weighted by Crippen LogP contribution is 2.28. The number of halogens is 3. The molecule has 0 aliphatic carbocycles. The number of pyridine rings is 1. The van der Waals surface area contributed by atoms with Crippen molar-refractivity contribution in [1.82, 2.24) is 10.3 Å². The van der Waals surface area contributed by atoms with Crippen molar-refractivity contribution in [2.45, 2.75) is 38.9 Å². The summed E-state index contributed by atoms with van der Waals surface area (Å²) < 4.78 is 42.2. The van der Waals surface area contributed by atoms with E-state index >= 15 is 0 Å². The molecule has 1 unspecified atom stereocenters. The predicted molar refractivity (Wildman–Crippen MR) is 67.1 cm³/mol. The van der Waals surface area contributed by atoms with E-state index in [1.807, 2.05) is 13.8 Å². The Morgan fingerprint density at radius 2 is 2.05 bits per heavy atom. The monoisotopic (exact) mass is 276 g/mol. The number of rotatable bonds is 7. The maximum absolute atomic E-state index is 12.3. The van der Waals surface area contributed by atoms with Crippen LogP contribution in [0.1, 0.15) is 38.3 Å². The first-order chi connectivity index (χ1) is 8.96. The van der Waals surface area contributed by atoms with Crippen LogP contribution in [-0.4, -0.2) is 24.3 Å². The van der Waals surface area contributed by atoms with Gasteiger partial charge in [0.2, 0.25) is 0 Å². The van der Waals surface area contributed by atoms with E-state index in [0.29, 0.717) is 18.9 Å². The minimum Gasteiger partial charge on any atom is -0.492 e. The number of hydrogen-bond acceptors (Lipinski definition) is 3. The zero-order chi connectivity index (χ0) is 14.3. The third kappa shape index (κ3) is 5.92. The molecule has 1 heterocycles. The van der Waals surface area contributed by atoms with Crippen molar-refractivity contribution >= 4 is 0 Å². The lowest BCUT2D eigenvalue weighted by Gasteiger charge is -2.19. The molecule has 108 valence electrons. The molecule has 3 nitrogen and oxygen atoms in total. The Labute approximate surface area is 111 Å². The molecule has 0 radical (unpaired) electrons. The molecule has 19 heavy (non-hydrogen) atoms. The first-order valence-corrected chi connectivity index (χ1v) is 6.34. The molecule has 0 saturated carbocycles. The lowest BCUT2D eigenvalue weighted by atomic mass is 10.0. The maximum Gasteiger partial charge on any atom is 0.389 e. The van der Waals surface area contributed by atoms with Crippen LogP contribution >= 0.6 is 0 Å². The second kappa shape index (κ2) is 7.33. The van der Waals surface area contributed by atoms with Crippen LogP contribution in [-0.2, 0) is 0 Å². The van der Waals surface area contributed by atoms with Crippen LogP contribution in [0.25, 0.3) is 0 Å².